The largest absolute Gasteiger partial charge is 0.494 e. The first kappa shape index (κ1) is 11.9. The van der Waals surface area contributed by atoms with Gasteiger partial charge in [0.05, 0.1) is 7.11 Å². The van der Waals surface area contributed by atoms with E-state index >= 15 is 0 Å². The number of hydrogen-bond donors (Lipinski definition) is 0. The molecule has 1 aromatic carbocycles. The Morgan fingerprint density at radius 1 is 1.21 bits per heavy atom. The molecule has 3 rings (SSSR count). The van der Waals surface area contributed by atoms with Crippen LogP contribution in [-0.4, -0.2) is 21.7 Å². The van der Waals surface area contributed by atoms with Crippen molar-refractivity contribution in [2.24, 2.45) is 0 Å². The van der Waals surface area contributed by atoms with Crippen molar-refractivity contribution in [2.45, 2.75) is 0 Å². The molecule has 0 bridgehead atoms. The summed E-state index contributed by atoms with van der Waals surface area (Å²) in [5.74, 6) is -0.248. The zero-order chi connectivity index (χ0) is 13.4. The molecule has 0 aliphatic heterocycles. The Morgan fingerprint density at radius 2 is 2.00 bits per heavy atom. The number of aromatic nitrogens is 3. The average molecular weight is 278 g/mol. The standard InChI is InChI=1S/C13H9ClFN3O/c1-19-10-6-2-4-8(11(10)15)9-5-3-7-18-12(9)16-13(14)17-18/h2-7H,1H3. The van der Waals surface area contributed by atoms with Crippen LogP contribution in [0.15, 0.2) is 36.5 Å². The van der Waals surface area contributed by atoms with Crippen LogP contribution in [0, 0.1) is 5.82 Å². The highest BCUT2D eigenvalue weighted by Gasteiger charge is 2.14. The van der Waals surface area contributed by atoms with E-state index in [1.54, 1.807) is 36.5 Å². The minimum absolute atomic E-state index is 0.121. The summed E-state index contributed by atoms with van der Waals surface area (Å²) in [6, 6.07) is 8.47. The first-order chi connectivity index (χ1) is 9.20. The van der Waals surface area contributed by atoms with Gasteiger partial charge in [-0.2, -0.15) is 4.98 Å². The third kappa shape index (κ3) is 1.92. The molecule has 0 aliphatic rings. The van der Waals surface area contributed by atoms with E-state index in [1.165, 1.54) is 11.6 Å². The first-order valence-corrected chi connectivity index (χ1v) is 5.92. The van der Waals surface area contributed by atoms with Crippen LogP contribution in [0.3, 0.4) is 0 Å². The topological polar surface area (TPSA) is 39.4 Å². The highest BCUT2D eigenvalue weighted by Crippen LogP contribution is 2.31. The third-order valence-electron chi connectivity index (χ3n) is 2.81. The summed E-state index contributed by atoms with van der Waals surface area (Å²) in [6.45, 7) is 0. The predicted molar refractivity (Wildman–Crippen MR) is 69.9 cm³/mol. The Bertz CT molecular complexity index is 757. The Labute approximate surface area is 113 Å². The van der Waals surface area contributed by atoms with Crippen LogP contribution in [0.5, 0.6) is 5.75 Å². The molecule has 0 aliphatic carbocycles. The van der Waals surface area contributed by atoms with Gasteiger partial charge in [-0.15, -0.1) is 5.10 Å². The molecule has 0 saturated carbocycles. The Hall–Kier alpha value is -2.14. The SMILES string of the molecule is COc1cccc(-c2cccn3nc(Cl)nc23)c1F. The van der Waals surface area contributed by atoms with Gasteiger partial charge in [-0.3, -0.25) is 0 Å². The zero-order valence-corrected chi connectivity index (χ0v) is 10.7. The van der Waals surface area contributed by atoms with E-state index in [9.17, 15) is 4.39 Å². The molecule has 0 fully saturated rings. The quantitative estimate of drug-likeness (QED) is 0.722. The summed E-state index contributed by atoms with van der Waals surface area (Å²) in [5.41, 5.74) is 1.51. The lowest BCUT2D eigenvalue weighted by atomic mass is 10.1. The zero-order valence-electron chi connectivity index (χ0n) is 9.97. The molecule has 0 spiro atoms. The molecule has 0 unspecified atom stereocenters. The molecule has 96 valence electrons. The fourth-order valence-electron chi connectivity index (χ4n) is 1.97. The van der Waals surface area contributed by atoms with E-state index in [2.05, 4.69) is 10.1 Å². The molecule has 0 amide bonds. The van der Waals surface area contributed by atoms with Crippen molar-refractivity contribution in [3.63, 3.8) is 0 Å². The number of hydrogen-bond acceptors (Lipinski definition) is 3. The van der Waals surface area contributed by atoms with Gasteiger partial charge < -0.3 is 4.74 Å². The lowest BCUT2D eigenvalue weighted by molar-refractivity contribution is 0.387. The summed E-state index contributed by atoms with van der Waals surface area (Å²) in [4.78, 5) is 4.10. The molecule has 2 heterocycles. The third-order valence-corrected chi connectivity index (χ3v) is 2.97. The maximum absolute atomic E-state index is 14.3. The van der Waals surface area contributed by atoms with Gasteiger partial charge in [0, 0.05) is 17.3 Å². The molecule has 6 heteroatoms. The summed E-state index contributed by atoms with van der Waals surface area (Å²) >= 11 is 5.78. The van der Waals surface area contributed by atoms with E-state index in [-0.39, 0.29) is 11.0 Å². The lowest BCUT2D eigenvalue weighted by Gasteiger charge is -2.07. The first-order valence-electron chi connectivity index (χ1n) is 5.54. The molecule has 0 saturated heterocycles. The molecule has 0 atom stereocenters. The van der Waals surface area contributed by atoms with Gasteiger partial charge in [0.25, 0.3) is 0 Å². The Morgan fingerprint density at radius 3 is 2.79 bits per heavy atom. The van der Waals surface area contributed by atoms with Crippen LogP contribution in [0.25, 0.3) is 16.8 Å². The minimum Gasteiger partial charge on any atom is -0.494 e. The van der Waals surface area contributed by atoms with Gasteiger partial charge >= 0.3 is 0 Å². The smallest absolute Gasteiger partial charge is 0.243 e. The fraction of sp³-hybridized carbons (Fsp3) is 0.0769. The van der Waals surface area contributed by atoms with Gasteiger partial charge in [-0.25, -0.2) is 8.91 Å². The molecule has 3 aromatic rings. The van der Waals surface area contributed by atoms with Crippen LogP contribution in [-0.2, 0) is 0 Å². The molecule has 4 nitrogen and oxygen atoms in total. The van der Waals surface area contributed by atoms with Crippen molar-refractivity contribution < 1.29 is 9.13 Å². The Kier molecular flexibility index (Phi) is 2.83. The molecule has 19 heavy (non-hydrogen) atoms. The number of methoxy groups -OCH3 is 1. The second-order valence-corrected chi connectivity index (χ2v) is 4.23. The Balaban J connectivity index is 2.30. The van der Waals surface area contributed by atoms with Crippen molar-refractivity contribution in [1.82, 2.24) is 14.6 Å². The van der Waals surface area contributed by atoms with Gasteiger partial charge in [-0.1, -0.05) is 12.1 Å². The second kappa shape index (κ2) is 4.51. The number of halogens is 2. The van der Waals surface area contributed by atoms with Crippen molar-refractivity contribution in [1.29, 1.82) is 0 Å². The number of benzene rings is 1. The van der Waals surface area contributed by atoms with Crippen molar-refractivity contribution in [2.75, 3.05) is 7.11 Å². The molecular weight excluding hydrogens is 269 g/mol. The second-order valence-electron chi connectivity index (χ2n) is 3.89. The minimum atomic E-state index is -0.433. The van der Waals surface area contributed by atoms with Crippen molar-refractivity contribution in [3.05, 3.63) is 47.6 Å². The van der Waals surface area contributed by atoms with Crippen LogP contribution in [0.2, 0.25) is 5.28 Å². The van der Waals surface area contributed by atoms with Crippen LogP contribution >= 0.6 is 11.6 Å². The van der Waals surface area contributed by atoms with Crippen LogP contribution < -0.4 is 4.74 Å². The number of ether oxygens (including phenoxy) is 1. The molecular formula is C13H9ClFN3O. The lowest BCUT2D eigenvalue weighted by Crippen LogP contribution is -1.94. The summed E-state index contributed by atoms with van der Waals surface area (Å²) in [5, 5.41) is 4.11. The van der Waals surface area contributed by atoms with Crippen molar-refractivity contribution >= 4 is 17.2 Å². The fourth-order valence-corrected chi connectivity index (χ4v) is 2.13. The van der Waals surface area contributed by atoms with Gasteiger partial charge in [-0.05, 0) is 29.8 Å². The van der Waals surface area contributed by atoms with Crippen LogP contribution in [0.4, 0.5) is 4.39 Å². The van der Waals surface area contributed by atoms with Gasteiger partial charge in [0.2, 0.25) is 5.28 Å². The predicted octanol–water partition coefficient (Wildman–Crippen LogP) is 3.20. The number of fused-ring (bicyclic) bond motifs is 1. The molecule has 0 N–H and O–H groups in total. The summed E-state index contributed by atoms with van der Waals surface area (Å²) < 4.78 is 20.8. The summed E-state index contributed by atoms with van der Waals surface area (Å²) in [7, 11) is 1.43. The number of nitrogens with zero attached hydrogens (tertiary/aromatic N) is 3. The highest BCUT2D eigenvalue weighted by molar-refractivity contribution is 6.28. The highest BCUT2D eigenvalue weighted by atomic mass is 35.5. The summed E-state index contributed by atoms with van der Waals surface area (Å²) in [6.07, 6.45) is 1.70. The van der Waals surface area contributed by atoms with E-state index in [4.69, 9.17) is 16.3 Å². The van der Waals surface area contributed by atoms with Gasteiger partial charge in [0.1, 0.15) is 0 Å². The normalized spacial score (nSPS) is 10.9. The molecule has 2 aromatic heterocycles. The van der Waals surface area contributed by atoms with Gasteiger partial charge in [0.15, 0.2) is 17.2 Å². The maximum Gasteiger partial charge on any atom is 0.243 e. The number of pyridine rings is 1. The monoisotopic (exact) mass is 277 g/mol. The molecule has 0 radical (unpaired) electrons. The van der Waals surface area contributed by atoms with Crippen molar-refractivity contribution in [3.8, 4) is 16.9 Å². The van der Waals surface area contributed by atoms with Crippen LogP contribution in [0.1, 0.15) is 0 Å². The van der Waals surface area contributed by atoms with E-state index in [0.717, 1.165) is 0 Å². The van der Waals surface area contributed by atoms with E-state index in [0.29, 0.717) is 16.8 Å². The maximum atomic E-state index is 14.3. The van der Waals surface area contributed by atoms with E-state index < -0.39 is 5.82 Å². The number of rotatable bonds is 2. The van der Waals surface area contributed by atoms with E-state index in [1.807, 2.05) is 0 Å². The average Bonchev–Trinajstić information content (AvgIpc) is 2.79.